The molecule has 1 saturated heterocycles. The van der Waals surface area contributed by atoms with Crippen LogP contribution in [-0.4, -0.2) is 45.5 Å². The van der Waals surface area contributed by atoms with E-state index in [9.17, 15) is 4.79 Å². The van der Waals surface area contributed by atoms with Gasteiger partial charge in [-0.25, -0.2) is 0 Å². The van der Waals surface area contributed by atoms with Crippen LogP contribution in [0.1, 0.15) is 10.4 Å². The molecule has 1 aliphatic heterocycles. The van der Waals surface area contributed by atoms with E-state index in [-0.39, 0.29) is 12.0 Å². The summed E-state index contributed by atoms with van der Waals surface area (Å²) in [6.45, 7) is 2.07. The summed E-state index contributed by atoms with van der Waals surface area (Å²) in [5, 5.41) is 2.78. The average molecular weight is 266 g/mol. The van der Waals surface area contributed by atoms with Crippen molar-refractivity contribution in [1.29, 1.82) is 0 Å². The Morgan fingerprint density at radius 1 is 1.53 bits per heavy atom. The first-order chi connectivity index (χ1) is 9.20. The third-order valence-corrected chi connectivity index (χ3v) is 2.88. The minimum atomic E-state index is -0.227. The van der Waals surface area contributed by atoms with Crippen LogP contribution < -0.4 is 15.8 Å². The molecule has 1 aromatic carbocycles. The molecule has 0 radical (unpaired) electrons. The monoisotopic (exact) mass is 266 g/mol. The number of nitrogen functional groups attached to an aromatic ring is 1. The zero-order chi connectivity index (χ0) is 13.7. The summed E-state index contributed by atoms with van der Waals surface area (Å²) in [5.41, 5.74) is 6.62. The number of rotatable bonds is 4. The molecule has 1 heterocycles. The predicted molar refractivity (Wildman–Crippen MR) is 70.3 cm³/mol. The molecule has 1 atom stereocenters. The van der Waals surface area contributed by atoms with Crippen LogP contribution in [0.4, 0.5) is 5.69 Å². The molecule has 0 spiro atoms. The maximum atomic E-state index is 12.0. The van der Waals surface area contributed by atoms with Crippen LogP contribution >= 0.6 is 0 Å². The van der Waals surface area contributed by atoms with Crippen molar-refractivity contribution in [2.24, 2.45) is 0 Å². The van der Waals surface area contributed by atoms with Gasteiger partial charge in [0.05, 0.1) is 38.6 Å². The van der Waals surface area contributed by atoms with Gasteiger partial charge in [0, 0.05) is 18.3 Å². The van der Waals surface area contributed by atoms with Crippen LogP contribution in [0, 0.1) is 0 Å². The Morgan fingerprint density at radius 2 is 2.37 bits per heavy atom. The van der Waals surface area contributed by atoms with Crippen LogP contribution in [0.15, 0.2) is 18.2 Å². The van der Waals surface area contributed by atoms with Gasteiger partial charge in [-0.1, -0.05) is 0 Å². The largest absolute Gasteiger partial charge is 0.497 e. The van der Waals surface area contributed by atoms with Crippen LogP contribution in [0.3, 0.4) is 0 Å². The second-order valence-corrected chi connectivity index (χ2v) is 4.23. The number of methoxy groups -OCH3 is 1. The number of nitrogens with one attached hydrogen (secondary N) is 1. The fraction of sp³-hybridized carbons (Fsp3) is 0.462. The van der Waals surface area contributed by atoms with Gasteiger partial charge in [0.15, 0.2) is 0 Å². The smallest absolute Gasteiger partial charge is 0.253 e. The number of amides is 1. The fourth-order valence-electron chi connectivity index (χ4n) is 1.83. The van der Waals surface area contributed by atoms with Gasteiger partial charge in [-0.3, -0.25) is 4.79 Å². The number of anilines is 1. The first-order valence-electron chi connectivity index (χ1n) is 6.11. The molecule has 1 fully saturated rings. The molecule has 0 aromatic heterocycles. The molecule has 1 aliphatic rings. The van der Waals surface area contributed by atoms with E-state index in [4.69, 9.17) is 19.9 Å². The van der Waals surface area contributed by atoms with E-state index < -0.39 is 0 Å². The van der Waals surface area contributed by atoms with Crippen molar-refractivity contribution in [3.8, 4) is 5.75 Å². The highest BCUT2D eigenvalue weighted by Gasteiger charge is 2.16. The quantitative estimate of drug-likeness (QED) is 0.772. The summed E-state index contributed by atoms with van der Waals surface area (Å²) in [6.07, 6.45) is -0.0998. The lowest BCUT2D eigenvalue weighted by Crippen LogP contribution is -2.39. The Balaban J connectivity index is 1.92. The van der Waals surface area contributed by atoms with Gasteiger partial charge in [-0.2, -0.15) is 0 Å². The van der Waals surface area contributed by atoms with Gasteiger partial charge >= 0.3 is 0 Å². The summed E-state index contributed by atoms with van der Waals surface area (Å²) in [7, 11) is 1.55. The third-order valence-electron chi connectivity index (χ3n) is 2.88. The molecule has 0 aliphatic carbocycles. The number of carbonyl (C=O) groups is 1. The molecule has 6 heteroatoms. The maximum Gasteiger partial charge on any atom is 0.253 e. The number of hydrogen-bond donors (Lipinski definition) is 2. The predicted octanol–water partition coefficient (Wildman–Crippen LogP) is 0.423. The molecule has 1 unspecified atom stereocenters. The highest BCUT2D eigenvalue weighted by molar-refractivity contribution is 5.99. The Bertz CT molecular complexity index is 444. The Kier molecular flexibility index (Phi) is 4.59. The van der Waals surface area contributed by atoms with Crippen molar-refractivity contribution in [3.05, 3.63) is 23.8 Å². The molecule has 19 heavy (non-hydrogen) atoms. The van der Waals surface area contributed by atoms with Crippen molar-refractivity contribution in [3.63, 3.8) is 0 Å². The average Bonchev–Trinajstić information content (AvgIpc) is 2.45. The van der Waals surface area contributed by atoms with Crippen molar-refractivity contribution in [1.82, 2.24) is 5.32 Å². The lowest BCUT2D eigenvalue weighted by molar-refractivity contribution is -0.0855. The van der Waals surface area contributed by atoms with E-state index >= 15 is 0 Å². The summed E-state index contributed by atoms with van der Waals surface area (Å²) in [6, 6.07) is 4.96. The number of ether oxygens (including phenoxy) is 3. The summed E-state index contributed by atoms with van der Waals surface area (Å²) < 4.78 is 15.7. The molecule has 0 bridgehead atoms. The molecule has 104 valence electrons. The molecule has 0 saturated carbocycles. The van der Waals surface area contributed by atoms with Crippen molar-refractivity contribution >= 4 is 11.6 Å². The minimum Gasteiger partial charge on any atom is -0.497 e. The number of benzene rings is 1. The van der Waals surface area contributed by atoms with Crippen LogP contribution in [0.2, 0.25) is 0 Å². The molecular formula is C13H18N2O4. The zero-order valence-corrected chi connectivity index (χ0v) is 10.8. The van der Waals surface area contributed by atoms with Crippen LogP contribution in [-0.2, 0) is 9.47 Å². The Hall–Kier alpha value is -1.79. The maximum absolute atomic E-state index is 12.0. The van der Waals surface area contributed by atoms with Gasteiger partial charge in [0.2, 0.25) is 0 Å². The second kappa shape index (κ2) is 6.40. The number of nitrogens with two attached hydrogens (primary N) is 1. The van der Waals surface area contributed by atoms with E-state index in [0.29, 0.717) is 43.4 Å². The summed E-state index contributed by atoms with van der Waals surface area (Å²) in [5.74, 6) is 0.396. The van der Waals surface area contributed by atoms with E-state index in [0.717, 1.165) is 0 Å². The van der Waals surface area contributed by atoms with Crippen molar-refractivity contribution in [2.75, 3.05) is 39.2 Å². The number of hydrogen-bond acceptors (Lipinski definition) is 5. The lowest BCUT2D eigenvalue weighted by Gasteiger charge is -2.23. The number of carbonyl (C=O) groups excluding carboxylic acids is 1. The van der Waals surface area contributed by atoms with Crippen LogP contribution in [0.25, 0.3) is 0 Å². The molecule has 2 rings (SSSR count). The summed E-state index contributed by atoms with van der Waals surface area (Å²) in [4.78, 5) is 12.0. The normalized spacial score (nSPS) is 18.9. The van der Waals surface area contributed by atoms with Crippen molar-refractivity contribution in [2.45, 2.75) is 6.10 Å². The summed E-state index contributed by atoms with van der Waals surface area (Å²) >= 11 is 0. The molecule has 6 nitrogen and oxygen atoms in total. The molecule has 1 aromatic rings. The van der Waals surface area contributed by atoms with Crippen molar-refractivity contribution < 1.29 is 19.0 Å². The standard InChI is InChI=1S/C13H18N2O4/c1-17-9-2-3-11(12(14)6-9)13(16)15-7-10-8-18-4-5-19-10/h2-3,6,10H,4-5,7-8,14H2,1H3,(H,15,16). The fourth-order valence-corrected chi connectivity index (χ4v) is 1.83. The Morgan fingerprint density at radius 3 is 3.00 bits per heavy atom. The minimum absolute atomic E-state index is 0.0998. The zero-order valence-electron chi connectivity index (χ0n) is 10.8. The lowest BCUT2D eigenvalue weighted by atomic mass is 10.1. The van der Waals surface area contributed by atoms with Gasteiger partial charge in [0.1, 0.15) is 5.75 Å². The SMILES string of the molecule is COc1ccc(C(=O)NCC2COCCO2)c(N)c1. The van der Waals surface area contributed by atoms with Gasteiger partial charge in [-0.05, 0) is 12.1 Å². The van der Waals surface area contributed by atoms with Crippen LogP contribution in [0.5, 0.6) is 5.75 Å². The Labute approximate surface area is 111 Å². The molecule has 1 amide bonds. The van der Waals surface area contributed by atoms with E-state index in [1.54, 1.807) is 25.3 Å². The first-order valence-corrected chi connectivity index (χ1v) is 6.11. The van der Waals surface area contributed by atoms with Gasteiger partial charge < -0.3 is 25.3 Å². The first kappa shape index (κ1) is 13.6. The van der Waals surface area contributed by atoms with E-state index in [2.05, 4.69) is 5.32 Å². The molecule has 3 N–H and O–H groups in total. The highest BCUT2D eigenvalue weighted by Crippen LogP contribution is 2.19. The van der Waals surface area contributed by atoms with E-state index in [1.165, 1.54) is 0 Å². The van der Waals surface area contributed by atoms with E-state index in [1.807, 2.05) is 0 Å². The third kappa shape index (κ3) is 3.59. The topological polar surface area (TPSA) is 82.8 Å². The highest BCUT2D eigenvalue weighted by atomic mass is 16.6. The van der Waals surface area contributed by atoms with Gasteiger partial charge in [0.25, 0.3) is 5.91 Å². The van der Waals surface area contributed by atoms with Gasteiger partial charge in [-0.15, -0.1) is 0 Å². The second-order valence-electron chi connectivity index (χ2n) is 4.23. The molecular weight excluding hydrogens is 248 g/mol.